The Labute approximate surface area is 335 Å². The van der Waals surface area contributed by atoms with Crippen LogP contribution in [0.2, 0.25) is 0 Å². The second-order valence-electron chi connectivity index (χ2n) is 1.80. The van der Waals surface area contributed by atoms with Gasteiger partial charge >= 0.3 is 278 Å². The summed E-state index contributed by atoms with van der Waals surface area (Å²) in [6, 6.07) is 0. The van der Waals surface area contributed by atoms with E-state index in [0.29, 0.717) is 0 Å². The molecule has 0 atom stereocenters. The third kappa shape index (κ3) is 11.6. The van der Waals surface area contributed by atoms with Crippen molar-refractivity contribution in [2.24, 2.45) is 0 Å². The predicted octanol–water partition coefficient (Wildman–Crippen LogP) is -11.9. The van der Waals surface area contributed by atoms with Gasteiger partial charge in [0.25, 0.3) is 0 Å². The predicted molar refractivity (Wildman–Crippen MR) is 33.7 cm³/mol. The fourth-order valence-corrected chi connectivity index (χ4v) is 1.09. The average Bonchev–Trinajstić information content (AvgIpc) is 2.26. The summed E-state index contributed by atoms with van der Waals surface area (Å²) in [6.07, 6.45) is 0. The van der Waals surface area contributed by atoms with Crippen molar-refractivity contribution in [2.45, 2.75) is 0 Å². The number of nitrogens with zero attached hydrogens (tertiary/aromatic N) is 6. The van der Waals surface area contributed by atoms with Gasteiger partial charge in [-0.1, -0.05) is 0 Å². The molecule has 0 saturated carbocycles. The molecule has 0 saturated heterocycles. The molecule has 0 aliphatic carbocycles. The molecule has 0 amide bonds. The van der Waals surface area contributed by atoms with Gasteiger partial charge in [0.05, 0.1) is 0 Å². The van der Waals surface area contributed by atoms with E-state index in [-0.39, 0.29) is 274 Å². The van der Waals surface area contributed by atoms with Crippen LogP contribution in [-0.2, 0) is 79.0 Å². The largest absolute Gasteiger partial charge is 1.00 e. The zero-order valence-electron chi connectivity index (χ0n) is 11.2. The molecule has 0 aromatic heterocycles. The summed E-state index contributed by atoms with van der Waals surface area (Å²) in [4.78, 5) is 6.19. The second kappa shape index (κ2) is 22.4. The quantitative estimate of drug-likeness (QED) is 0.246. The summed E-state index contributed by atoms with van der Waals surface area (Å²) in [5.41, 5.74) is 0. The number of hydrogen-bond donors (Lipinski definition) is 0. The molecule has 0 aliphatic rings. The molecule has 4 radical (unpaired) electrons. The van der Waals surface area contributed by atoms with E-state index in [2.05, 4.69) is 0 Å². The van der Waals surface area contributed by atoms with Crippen LogP contribution in [0.5, 0.6) is 0 Å². The standard InChI is InChI=1S/6CN.4Cu.Fe.4K/c6*1-2;;;;;;;;;/q;;;;;;;;;;-4;4*+1. The maximum Gasteiger partial charge on any atom is 1.00 e. The Balaban J connectivity index is -0.0000000257. The zero-order valence-corrected chi connectivity index (χ0v) is 28.6. The van der Waals surface area contributed by atoms with Gasteiger partial charge in [-0.25, -0.2) is 0 Å². The molecule has 0 unspecified atom stereocenters. The molecule has 6 nitrogen and oxygen atoms in total. The van der Waals surface area contributed by atoms with E-state index in [9.17, 15) is 0 Å². The fraction of sp³-hybridized carbons (Fsp3) is 0. The van der Waals surface area contributed by atoms with Crippen molar-refractivity contribution >= 4 is 0 Å². The Hall–Kier alpha value is 6.08. The van der Waals surface area contributed by atoms with Crippen molar-refractivity contribution < 1.29 is 285 Å². The van der Waals surface area contributed by atoms with Crippen LogP contribution >= 0.6 is 0 Å². The average molecular weight is 623 g/mol. The van der Waals surface area contributed by atoms with E-state index in [4.69, 9.17) is 31.6 Å². The molecule has 0 bridgehead atoms. The van der Waals surface area contributed by atoms with Gasteiger partial charge in [0.15, 0.2) is 0 Å². The molecule has 0 heterocycles. The molecular weight excluding hydrogens is 623 g/mol. The van der Waals surface area contributed by atoms with Gasteiger partial charge in [0, 0.05) is 68.3 Å². The van der Waals surface area contributed by atoms with Crippen LogP contribution in [-0.4, -0.2) is 0 Å². The maximum absolute atomic E-state index is 8.58. The third-order valence-electron chi connectivity index (χ3n) is 1.19. The van der Waals surface area contributed by atoms with Gasteiger partial charge in [-0.2, -0.15) is 0 Å². The van der Waals surface area contributed by atoms with Gasteiger partial charge in [-0.3, -0.25) is 0 Å². The van der Waals surface area contributed by atoms with E-state index in [1.165, 1.54) is 0 Å². The minimum Gasteiger partial charge on any atom is 0 e. The maximum atomic E-state index is 8.58. The summed E-state index contributed by atoms with van der Waals surface area (Å²) < 4.78 is 0. The van der Waals surface area contributed by atoms with Crippen molar-refractivity contribution in [1.29, 1.82) is 31.6 Å². The van der Waals surface area contributed by atoms with Gasteiger partial charge in [-0.15, -0.1) is 0 Å². The molecule has 0 aromatic rings. The SMILES string of the molecule is N#[C][Fe-4]([C]#N)([C]#N)([C]#N)([C]#N)[C]#N.[Cu].[Cu].[Cu].[Cu].[K+].[K+].[K+].[K+]. The third-order valence-corrected chi connectivity index (χ3v) is 4.89. The van der Waals surface area contributed by atoms with Crippen LogP contribution in [0.1, 0.15) is 0 Å². The van der Waals surface area contributed by atoms with Crippen LogP contribution < -0.4 is 206 Å². The van der Waals surface area contributed by atoms with E-state index in [0.717, 1.165) is 29.8 Å². The smallest absolute Gasteiger partial charge is 0 e. The van der Waals surface area contributed by atoms with E-state index in [1.54, 1.807) is 0 Å². The van der Waals surface area contributed by atoms with Crippen molar-refractivity contribution in [3.05, 3.63) is 0 Å². The zero-order chi connectivity index (χ0) is 10.7. The summed E-state index contributed by atoms with van der Waals surface area (Å²) >= 11 is 0. The van der Waals surface area contributed by atoms with Crippen molar-refractivity contribution in [1.82, 2.24) is 0 Å². The van der Waals surface area contributed by atoms with Gasteiger partial charge in [0.1, 0.15) is 0 Å². The van der Waals surface area contributed by atoms with Crippen LogP contribution in [0.4, 0.5) is 0 Å². The first kappa shape index (κ1) is 56.3. The molecule has 0 fully saturated rings. The normalized spacial score (nSPS) is 8.29. The van der Waals surface area contributed by atoms with Gasteiger partial charge in [0.2, 0.25) is 0 Å². The molecule has 21 heavy (non-hydrogen) atoms. The first-order chi connectivity index (χ1) is 5.97. The summed E-state index contributed by atoms with van der Waals surface area (Å²) in [6.45, 7) is 0. The molecule has 0 N–H and O–H groups in total. The number of rotatable bonds is 0. The molecule has 0 rings (SSSR count). The van der Waals surface area contributed by atoms with E-state index < -0.39 is 10.7 Å². The first-order valence-electron chi connectivity index (χ1n) is 2.40. The van der Waals surface area contributed by atoms with E-state index in [1.807, 2.05) is 0 Å². The van der Waals surface area contributed by atoms with Crippen LogP contribution in [0.3, 0.4) is 0 Å². The van der Waals surface area contributed by atoms with Crippen LogP contribution in [0, 0.1) is 61.4 Å². The molecular formula is C6Cu4FeK4N6. The topological polar surface area (TPSA) is 143 Å². The minimum atomic E-state index is -6.17. The summed E-state index contributed by atoms with van der Waals surface area (Å²) in [7, 11) is -6.17. The minimum absolute atomic E-state index is 0. The molecule has 110 valence electrons. The molecule has 0 aliphatic heterocycles. The monoisotopic (exact) mass is 620 g/mol. The van der Waals surface area contributed by atoms with Crippen molar-refractivity contribution in [2.75, 3.05) is 0 Å². The number of nitriles is 6. The second-order valence-corrected chi connectivity index (χ2v) is 7.42. The molecule has 15 heteroatoms. The fourth-order valence-electron chi connectivity index (χ4n) is 0.265. The molecule has 0 aromatic carbocycles. The summed E-state index contributed by atoms with van der Waals surface area (Å²) in [5, 5.41) is 51.5. The first-order valence-corrected chi connectivity index (χ1v) is 5.71. The van der Waals surface area contributed by atoms with Crippen molar-refractivity contribution in [3.63, 3.8) is 0 Å². The number of hydrogen-bond acceptors (Lipinski definition) is 6. The Kier molecular flexibility index (Phi) is 60.0. The van der Waals surface area contributed by atoms with Gasteiger partial charge in [-0.05, 0) is 0 Å². The van der Waals surface area contributed by atoms with Gasteiger partial charge < -0.3 is 0 Å². The van der Waals surface area contributed by atoms with E-state index >= 15 is 0 Å². The Morgan fingerprint density at radius 2 is 0.476 bits per heavy atom. The Morgan fingerprint density at radius 3 is 0.476 bits per heavy atom. The Morgan fingerprint density at radius 1 is 0.381 bits per heavy atom. The Bertz CT molecular complexity index is 415. The summed E-state index contributed by atoms with van der Waals surface area (Å²) in [5.74, 6) is 0. The van der Waals surface area contributed by atoms with Crippen LogP contribution in [0.25, 0.3) is 0 Å². The molecule has 0 spiro atoms. The van der Waals surface area contributed by atoms with Crippen molar-refractivity contribution in [3.8, 4) is 29.8 Å². The van der Waals surface area contributed by atoms with Crippen LogP contribution in [0.15, 0.2) is 0 Å².